The normalized spacial score (nSPS) is 10.5. The van der Waals surface area contributed by atoms with Gasteiger partial charge in [0.1, 0.15) is 6.26 Å². The minimum atomic E-state index is 0.0893. The van der Waals surface area contributed by atoms with Gasteiger partial charge in [0, 0.05) is 19.4 Å². The summed E-state index contributed by atoms with van der Waals surface area (Å²) in [5.74, 6) is 0.614. The van der Waals surface area contributed by atoms with Crippen LogP contribution in [0.15, 0.2) is 10.7 Å². The van der Waals surface area contributed by atoms with Gasteiger partial charge in [0.05, 0.1) is 12.3 Å². The van der Waals surface area contributed by atoms with E-state index in [1.54, 1.807) is 6.26 Å². The zero-order chi connectivity index (χ0) is 8.81. The molecule has 0 spiro atoms. The van der Waals surface area contributed by atoms with Crippen molar-refractivity contribution in [3.05, 3.63) is 17.8 Å². The average molecular weight is 170 g/mol. The third-order valence-corrected chi connectivity index (χ3v) is 1.56. The molecule has 0 saturated carbocycles. The molecule has 0 amide bonds. The summed E-state index contributed by atoms with van der Waals surface area (Å²) in [4.78, 5) is 4.17. The smallest absolute Gasteiger partial charge is 0.196 e. The van der Waals surface area contributed by atoms with Gasteiger partial charge in [-0.15, -0.1) is 0 Å². The van der Waals surface area contributed by atoms with E-state index < -0.39 is 0 Å². The van der Waals surface area contributed by atoms with E-state index in [9.17, 15) is 0 Å². The molecule has 2 N–H and O–H groups in total. The van der Waals surface area contributed by atoms with Gasteiger partial charge >= 0.3 is 0 Å². The third kappa shape index (κ3) is 2.64. The van der Waals surface area contributed by atoms with Crippen molar-refractivity contribution in [2.24, 2.45) is 0 Å². The molecule has 1 aromatic rings. The molecule has 0 aliphatic heterocycles. The van der Waals surface area contributed by atoms with Gasteiger partial charge in [0.25, 0.3) is 0 Å². The zero-order valence-corrected chi connectivity index (χ0v) is 7.21. The van der Waals surface area contributed by atoms with Crippen LogP contribution in [0.5, 0.6) is 0 Å². The lowest BCUT2D eigenvalue weighted by atomic mass is 10.3. The third-order valence-electron chi connectivity index (χ3n) is 1.56. The topological polar surface area (TPSA) is 58.3 Å². The van der Waals surface area contributed by atoms with Gasteiger partial charge in [0.2, 0.25) is 0 Å². The molecule has 12 heavy (non-hydrogen) atoms. The fraction of sp³-hybridized carbons (Fsp3) is 0.625. The SMILES string of the molecule is CNCCc1coc(CCO)n1. The predicted octanol–water partition coefficient (Wildman–Crippen LogP) is -0.0287. The van der Waals surface area contributed by atoms with Crippen LogP contribution in [0.2, 0.25) is 0 Å². The molecule has 0 aliphatic rings. The highest BCUT2D eigenvalue weighted by molar-refractivity contribution is 4.97. The monoisotopic (exact) mass is 170 g/mol. The van der Waals surface area contributed by atoms with Gasteiger partial charge in [-0.3, -0.25) is 0 Å². The van der Waals surface area contributed by atoms with Crippen LogP contribution in [0, 0.1) is 0 Å². The molecule has 1 aromatic heterocycles. The van der Waals surface area contributed by atoms with Crippen molar-refractivity contribution in [3.8, 4) is 0 Å². The van der Waals surface area contributed by atoms with Crippen LogP contribution < -0.4 is 5.32 Å². The molecular formula is C8H14N2O2. The molecule has 4 heteroatoms. The highest BCUT2D eigenvalue weighted by atomic mass is 16.3. The maximum Gasteiger partial charge on any atom is 0.196 e. The van der Waals surface area contributed by atoms with E-state index in [2.05, 4.69) is 10.3 Å². The van der Waals surface area contributed by atoms with Gasteiger partial charge in [-0.25, -0.2) is 4.98 Å². The summed E-state index contributed by atoms with van der Waals surface area (Å²) >= 11 is 0. The second kappa shape index (κ2) is 4.90. The van der Waals surface area contributed by atoms with Crippen LogP contribution in [0.3, 0.4) is 0 Å². The summed E-state index contributed by atoms with van der Waals surface area (Å²) in [5, 5.41) is 11.6. The molecule has 0 unspecified atom stereocenters. The summed E-state index contributed by atoms with van der Waals surface area (Å²) in [6.07, 6.45) is 3.01. The fourth-order valence-electron chi connectivity index (χ4n) is 0.927. The quantitative estimate of drug-likeness (QED) is 0.651. The molecule has 0 aromatic carbocycles. The van der Waals surface area contributed by atoms with Gasteiger partial charge in [-0.2, -0.15) is 0 Å². The largest absolute Gasteiger partial charge is 0.449 e. The first-order valence-electron chi connectivity index (χ1n) is 4.05. The number of oxazole rings is 1. The van der Waals surface area contributed by atoms with Crippen molar-refractivity contribution in [3.63, 3.8) is 0 Å². The van der Waals surface area contributed by atoms with Crippen LogP contribution in [0.1, 0.15) is 11.6 Å². The molecule has 68 valence electrons. The second-order valence-electron chi connectivity index (χ2n) is 2.56. The molecule has 0 fully saturated rings. The number of nitrogens with one attached hydrogen (secondary N) is 1. The van der Waals surface area contributed by atoms with E-state index in [1.165, 1.54) is 0 Å². The predicted molar refractivity (Wildman–Crippen MR) is 44.9 cm³/mol. The molecule has 0 bridgehead atoms. The fourth-order valence-corrected chi connectivity index (χ4v) is 0.927. The van der Waals surface area contributed by atoms with Crippen LogP contribution in [0.25, 0.3) is 0 Å². The van der Waals surface area contributed by atoms with E-state index >= 15 is 0 Å². The summed E-state index contributed by atoms with van der Waals surface area (Å²) < 4.78 is 5.10. The van der Waals surface area contributed by atoms with Gasteiger partial charge in [-0.1, -0.05) is 0 Å². The Balaban J connectivity index is 2.41. The number of hydrogen-bond donors (Lipinski definition) is 2. The number of nitrogens with zero attached hydrogens (tertiary/aromatic N) is 1. The van der Waals surface area contributed by atoms with E-state index in [0.29, 0.717) is 12.3 Å². The molecular weight excluding hydrogens is 156 g/mol. The first kappa shape index (κ1) is 9.22. The molecule has 1 rings (SSSR count). The van der Waals surface area contributed by atoms with Crippen molar-refractivity contribution < 1.29 is 9.52 Å². The van der Waals surface area contributed by atoms with Crippen molar-refractivity contribution >= 4 is 0 Å². The Kier molecular flexibility index (Phi) is 3.76. The Morgan fingerprint density at radius 3 is 3.08 bits per heavy atom. The van der Waals surface area contributed by atoms with Crippen molar-refractivity contribution in [1.82, 2.24) is 10.3 Å². The second-order valence-corrected chi connectivity index (χ2v) is 2.56. The van der Waals surface area contributed by atoms with Crippen LogP contribution in [-0.4, -0.2) is 30.3 Å². The maximum absolute atomic E-state index is 8.59. The highest BCUT2D eigenvalue weighted by Gasteiger charge is 2.01. The highest BCUT2D eigenvalue weighted by Crippen LogP contribution is 2.02. The van der Waals surface area contributed by atoms with Gasteiger partial charge in [-0.05, 0) is 7.05 Å². The van der Waals surface area contributed by atoms with Crippen molar-refractivity contribution in [1.29, 1.82) is 0 Å². The van der Waals surface area contributed by atoms with E-state index in [4.69, 9.17) is 9.52 Å². The molecule has 0 atom stereocenters. The summed E-state index contributed by atoms with van der Waals surface area (Å²) in [5.41, 5.74) is 0.938. The Morgan fingerprint density at radius 1 is 1.58 bits per heavy atom. The van der Waals surface area contributed by atoms with E-state index in [1.807, 2.05) is 7.05 Å². The molecule has 0 radical (unpaired) electrons. The number of aromatic nitrogens is 1. The van der Waals surface area contributed by atoms with E-state index in [-0.39, 0.29) is 6.61 Å². The lowest BCUT2D eigenvalue weighted by Crippen LogP contribution is -2.10. The van der Waals surface area contributed by atoms with Gasteiger partial charge in [0.15, 0.2) is 5.89 Å². The standard InChI is InChI=1S/C8H14N2O2/c1-9-4-2-7-6-12-8(10-7)3-5-11/h6,9,11H,2-5H2,1H3. The summed E-state index contributed by atoms with van der Waals surface area (Å²) in [6, 6.07) is 0. The first-order chi connectivity index (χ1) is 5.86. The molecule has 4 nitrogen and oxygen atoms in total. The number of likely N-dealkylation sites (N-methyl/N-ethyl adjacent to an activating group) is 1. The Hall–Kier alpha value is -0.870. The first-order valence-corrected chi connectivity index (χ1v) is 4.05. The van der Waals surface area contributed by atoms with Crippen LogP contribution in [0.4, 0.5) is 0 Å². The van der Waals surface area contributed by atoms with Crippen molar-refractivity contribution in [2.75, 3.05) is 20.2 Å². The minimum Gasteiger partial charge on any atom is -0.449 e. The van der Waals surface area contributed by atoms with Crippen LogP contribution >= 0.6 is 0 Å². The molecule has 0 saturated heterocycles. The lowest BCUT2D eigenvalue weighted by molar-refractivity contribution is 0.285. The van der Waals surface area contributed by atoms with Crippen LogP contribution in [-0.2, 0) is 12.8 Å². The number of hydrogen-bond acceptors (Lipinski definition) is 4. The number of aliphatic hydroxyl groups excluding tert-OH is 1. The number of aliphatic hydroxyl groups is 1. The van der Waals surface area contributed by atoms with Crippen molar-refractivity contribution in [2.45, 2.75) is 12.8 Å². The molecule has 0 aliphatic carbocycles. The number of rotatable bonds is 5. The zero-order valence-electron chi connectivity index (χ0n) is 7.21. The molecule has 1 heterocycles. The summed E-state index contributed by atoms with van der Waals surface area (Å²) in [6.45, 7) is 0.983. The van der Waals surface area contributed by atoms with E-state index in [0.717, 1.165) is 18.7 Å². The Labute approximate surface area is 71.6 Å². The summed E-state index contributed by atoms with van der Waals surface area (Å²) in [7, 11) is 1.90. The van der Waals surface area contributed by atoms with Gasteiger partial charge < -0.3 is 14.8 Å². The Morgan fingerprint density at radius 2 is 2.42 bits per heavy atom. The minimum absolute atomic E-state index is 0.0893. The maximum atomic E-state index is 8.59. The Bertz CT molecular complexity index is 223. The lowest BCUT2D eigenvalue weighted by Gasteiger charge is -1.92. The average Bonchev–Trinajstić information content (AvgIpc) is 2.50.